The van der Waals surface area contributed by atoms with Gasteiger partial charge >= 0.3 is 5.69 Å². The second-order valence-corrected chi connectivity index (χ2v) is 9.42. The lowest BCUT2D eigenvalue weighted by Gasteiger charge is -2.13. The summed E-state index contributed by atoms with van der Waals surface area (Å²) < 4.78 is 4.93. The molecule has 0 bridgehead atoms. The maximum absolute atomic E-state index is 13.4. The van der Waals surface area contributed by atoms with Gasteiger partial charge < -0.3 is 9.88 Å². The molecule has 0 spiro atoms. The molecule has 5 rings (SSSR count). The van der Waals surface area contributed by atoms with E-state index in [0.717, 1.165) is 22.5 Å². The minimum Gasteiger partial charge on any atom is -0.341 e. The van der Waals surface area contributed by atoms with E-state index in [9.17, 15) is 9.59 Å². The molecule has 0 fully saturated rings. The lowest BCUT2D eigenvalue weighted by atomic mass is 10.1. The van der Waals surface area contributed by atoms with Crippen LogP contribution < -0.4 is 16.6 Å². The number of rotatable bonds is 7. The standard InChI is InChI=1S/C29H29N5O2/c1-20(2)17-34-25-19-33(18-21-12-14-22(15-13-21)24-11-7-8-16-30-24)27(31-23-9-5-4-6-10-23)26(25)28(35)32(3)29(34)36/h4-16,19-20,31H,17-18H2,1-3H3. The van der Waals surface area contributed by atoms with Crippen LogP contribution in [0.5, 0.6) is 0 Å². The molecule has 0 aliphatic carbocycles. The quantitative estimate of drug-likeness (QED) is 0.356. The highest BCUT2D eigenvalue weighted by molar-refractivity contribution is 5.92. The number of nitrogens with one attached hydrogen (secondary N) is 1. The van der Waals surface area contributed by atoms with E-state index in [1.165, 1.54) is 4.57 Å². The van der Waals surface area contributed by atoms with Crippen LogP contribution in [0.15, 0.2) is 94.8 Å². The zero-order valence-electron chi connectivity index (χ0n) is 20.7. The van der Waals surface area contributed by atoms with Crippen molar-refractivity contribution in [2.24, 2.45) is 13.0 Å². The molecule has 1 N–H and O–H groups in total. The lowest BCUT2D eigenvalue weighted by molar-refractivity contribution is 0.502. The van der Waals surface area contributed by atoms with Crippen molar-refractivity contribution in [1.29, 1.82) is 0 Å². The monoisotopic (exact) mass is 479 g/mol. The Balaban J connectivity index is 1.64. The summed E-state index contributed by atoms with van der Waals surface area (Å²) in [6, 6.07) is 23.9. The SMILES string of the molecule is CC(C)Cn1c(=O)n(C)c(=O)c2c(Nc3ccccc3)n(Cc3ccc(-c4ccccn4)cc3)cc21. The fourth-order valence-corrected chi connectivity index (χ4v) is 4.47. The van der Waals surface area contributed by atoms with E-state index in [1.54, 1.807) is 17.8 Å². The predicted molar refractivity (Wildman–Crippen MR) is 145 cm³/mol. The Bertz CT molecular complexity index is 1610. The molecule has 3 aromatic heterocycles. The number of nitrogens with zero attached hydrogens (tertiary/aromatic N) is 4. The van der Waals surface area contributed by atoms with Crippen LogP contribution in [0, 0.1) is 5.92 Å². The molecule has 0 saturated heterocycles. The van der Waals surface area contributed by atoms with E-state index in [4.69, 9.17) is 0 Å². The predicted octanol–water partition coefficient (Wildman–Crippen LogP) is 5.01. The summed E-state index contributed by atoms with van der Waals surface area (Å²) in [5.74, 6) is 0.916. The van der Waals surface area contributed by atoms with E-state index in [0.29, 0.717) is 29.8 Å². The van der Waals surface area contributed by atoms with Crippen LogP contribution in [0.2, 0.25) is 0 Å². The fraction of sp³-hybridized carbons (Fsp3) is 0.207. The number of anilines is 2. The average Bonchev–Trinajstić information content (AvgIpc) is 3.24. The van der Waals surface area contributed by atoms with Crippen molar-refractivity contribution in [3.05, 3.63) is 112 Å². The molecule has 36 heavy (non-hydrogen) atoms. The van der Waals surface area contributed by atoms with Crippen molar-refractivity contribution in [2.75, 3.05) is 5.32 Å². The summed E-state index contributed by atoms with van der Waals surface area (Å²) in [7, 11) is 1.54. The first-order valence-corrected chi connectivity index (χ1v) is 12.1. The van der Waals surface area contributed by atoms with Gasteiger partial charge in [-0.2, -0.15) is 0 Å². The van der Waals surface area contributed by atoms with Crippen molar-refractivity contribution in [3.8, 4) is 11.3 Å². The first-order valence-electron chi connectivity index (χ1n) is 12.1. The molecular weight excluding hydrogens is 450 g/mol. The Labute approximate surface area is 209 Å². The van der Waals surface area contributed by atoms with Gasteiger partial charge in [-0.25, -0.2) is 4.79 Å². The second-order valence-electron chi connectivity index (χ2n) is 9.42. The summed E-state index contributed by atoms with van der Waals surface area (Å²) in [5.41, 5.74) is 3.93. The summed E-state index contributed by atoms with van der Waals surface area (Å²) in [5, 5.41) is 3.95. The van der Waals surface area contributed by atoms with Crippen LogP contribution in [0.4, 0.5) is 11.5 Å². The van der Waals surface area contributed by atoms with Crippen molar-refractivity contribution >= 4 is 22.4 Å². The van der Waals surface area contributed by atoms with Crippen LogP contribution in [0.25, 0.3) is 22.2 Å². The number of hydrogen-bond donors (Lipinski definition) is 1. The Morgan fingerprint density at radius 1 is 0.917 bits per heavy atom. The number of para-hydroxylation sites is 1. The van der Waals surface area contributed by atoms with Gasteiger partial charge in [0.15, 0.2) is 0 Å². The van der Waals surface area contributed by atoms with Gasteiger partial charge in [-0.1, -0.05) is 62.4 Å². The highest BCUT2D eigenvalue weighted by Gasteiger charge is 2.20. The largest absolute Gasteiger partial charge is 0.341 e. The summed E-state index contributed by atoms with van der Waals surface area (Å²) >= 11 is 0. The lowest BCUT2D eigenvalue weighted by Crippen LogP contribution is -2.38. The van der Waals surface area contributed by atoms with Gasteiger partial charge in [-0.15, -0.1) is 0 Å². The molecule has 0 saturated carbocycles. The molecular formula is C29H29N5O2. The van der Waals surface area contributed by atoms with E-state index in [1.807, 2.05) is 59.3 Å². The third-order valence-corrected chi connectivity index (χ3v) is 6.24. The molecule has 5 aromatic rings. The maximum Gasteiger partial charge on any atom is 0.331 e. The highest BCUT2D eigenvalue weighted by atomic mass is 16.2. The summed E-state index contributed by atoms with van der Waals surface area (Å²) in [6.45, 7) is 5.18. The Morgan fingerprint density at radius 2 is 1.64 bits per heavy atom. The van der Waals surface area contributed by atoms with E-state index < -0.39 is 0 Å². The molecule has 0 unspecified atom stereocenters. The molecule has 3 heterocycles. The van der Waals surface area contributed by atoms with E-state index in [-0.39, 0.29) is 17.2 Å². The van der Waals surface area contributed by atoms with Gasteiger partial charge in [0.1, 0.15) is 11.2 Å². The molecule has 0 aliphatic heterocycles. The molecule has 0 radical (unpaired) electrons. The zero-order chi connectivity index (χ0) is 25.2. The first-order chi connectivity index (χ1) is 17.4. The average molecular weight is 480 g/mol. The van der Waals surface area contributed by atoms with E-state index in [2.05, 4.69) is 48.4 Å². The van der Waals surface area contributed by atoms with Crippen LogP contribution in [0.1, 0.15) is 19.4 Å². The molecule has 7 heteroatoms. The van der Waals surface area contributed by atoms with Crippen LogP contribution in [-0.4, -0.2) is 18.7 Å². The zero-order valence-corrected chi connectivity index (χ0v) is 20.7. The molecule has 2 aromatic carbocycles. The van der Waals surface area contributed by atoms with Crippen LogP contribution in [-0.2, 0) is 20.1 Å². The van der Waals surface area contributed by atoms with Gasteiger partial charge in [-0.05, 0) is 35.7 Å². The van der Waals surface area contributed by atoms with Crippen molar-refractivity contribution < 1.29 is 0 Å². The van der Waals surface area contributed by atoms with Crippen LogP contribution in [0.3, 0.4) is 0 Å². The van der Waals surface area contributed by atoms with Crippen LogP contribution >= 0.6 is 0 Å². The third-order valence-electron chi connectivity index (χ3n) is 6.24. The second kappa shape index (κ2) is 9.70. The third kappa shape index (κ3) is 4.47. The number of fused-ring (bicyclic) bond motifs is 1. The van der Waals surface area contributed by atoms with Crippen molar-refractivity contribution in [3.63, 3.8) is 0 Å². The topological polar surface area (TPSA) is 73.8 Å². The van der Waals surface area contributed by atoms with Gasteiger partial charge in [0, 0.05) is 43.8 Å². The molecule has 7 nitrogen and oxygen atoms in total. The van der Waals surface area contributed by atoms with E-state index >= 15 is 0 Å². The minimum atomic E-state index is -0.308. The first kappa shape index (κ1) is 23.4. The molecule has 182 valence electrons. The highest BCUT2D eigenvalue weighted by Crippen LogP contribution is 2.28. The normalized spacial score (nSPS) is 11.3. The number of benzene rings is 2. The van der Waals surface area contributed by atoms with Gasteiger partial charge in [0.2, 0.25) is 0 Å². The maximum atomic E-state index is 13.4. The van der Waals surface area contributed by atoms with Gasteiger partial charge in [0.25, 0.3) is 5.56 Å². The smallest absolute Gasteiger partial charge is 0.331 e. The number of hydrogen-bond acceptors (Lipinski definition) is 4. The fourth-order valence-electron chi connectivity index (χ4n) is 4.47. The van der Waals surface area contributed by atoms with Gasteiger partial charge in [-0.3, -0.25) is 18.9 Å². The Hall–Kier alpha value is -4.39. The Kier molecular flexibility index (Phi) is 6.29. The Morgan fingerprint density at radius 3 is 2.31 bits per heavy atom. The van der Waals surface area contributed by atoms with Crippen molar-refractivity contribution in [2.45, 2.75) is 26.9 Å². The molecule has 0 amide bonds. The summed E-state index contributed by atoms with van der Waals surface area (Å²) in [4.78, 5) is 30.8. The molecule has 0 atom stereocenters. The minimum absolute atomic E-state index is 0.247. The van der Waals surface area contributed by atoms with Crippen molar-refractivity contribution in [1.82, 2.24) is 18.7 Å². The number of aromatic nitrogens is 4. The van der Waals surface area contributed by atoms with Gasteiger partial charge in [0.05, 0.1) is 11.2 Å². The molecule has 0 aliphatic rings. The number of pyridine rings is 1. The summed E-state index contributed by atoms with van der Waals surface area (Å²) in [6.07, 6.45) is 3.70.